The number of halogens is 5. The van der Waals surface area contributed by atoms with Gasteiger partial charge in [-0.2, -0.15) is 13.2 Å². The number of fused-ring (bicyclic) bond motifs is 1. The number of nitrogens with zero attached hydrogens (tertiary/aromatic N) is 4. The second-order valence-electron chi connectivity index (χ2n) is 10.4. The number of carboxylic acids is 1. The molecule has 13 nitrogen and oxygen atoms in total. The molecular weight excluding hydrogens is 672 g/mol. The lowest BCUT2D eigenvalue weighted by molar-refractivity contribution is -0.146. The predicted molar refractivity (Wildman–Crippen MR) is 158 cm³/mol. The normalized spacial score (nSPS) is 14.4. The molecule has 4 aromatic rings. The molecule has 0 radical (unpaired) electrons. The Hall–Kier alpha value is -4.77. The maximum Gasteiger partial charge on any atom is 0.469 e. The fourth-order valence-electron chi connectivity index (χ4n) is 5.10. The van der Waals surface area contributed by atoms with Gasteiger partial charge >= 0.3 is 20.0 Å². The number of hydrogen-bond donors (Lipinski definition) is 4. The first-order valence-electron chi connectivity index (χ1n) is 14.2. The third-order valence-corrected chi connectivity index (χ3v) is 7.79. The van der Waals surface area contributed by atoms with E-state index in [4.69, 9.17) is 19.0 Å². The van der Waals surface area contributed by atoms with E-state index < -0.39 is 67.1 Å². The highest BCUT2D eigenvalue weighted by Gasteiger charge is 2.48. The number of hydrazine groups is 1. The van der Waals surface area contributed by atoms with Gasteiger partial charge in [0.25, 0.3) is 0 Å². The minimum atomic E-state index is -4.94. The van der Waals surface area contributed by atoms with Crippen molar-refractivity contribution in [3.63, 3.8) is 0 Å². The third-order valence-electron chi connectivity index (χ3n) is 7.27. The van der Waals surface area contributed by atoms with Crippen molar-refractivity contribution in [3.05, 3.63) is 83.6 Å². The van der Waals surface area contributed by atoms with Crippen LogP contribution in [-0.2, 0) is 25.6 Å². The first-order chi connectivity index (χ1) is 22.7. The van der Waals surface area contributed by atoms with E-state index >= 15 is 0 Å². The van der Waals surface area contributed by atoms with Crippen LogP contribution in [0.2, 0.25) is 0 Å². The number of aliphatic carboxylic acids is 1. The number of rotatable bonds is 13. The summed E-state index contributed by atoms with van der Waals surface area (Å²) in [5, 5.41) is 15.6. The van der Waals surface area contributed by atoms with Crippen LogP contribution in [0.15, 0.2) is 59.5 Å². The van der Waals surface area contributed by atoms with Gasteiger partial charge in [-0.05, 0) is 55.7 Å². The van der Waals surface area contributed by atoms with E-state index in [1.54, 1.807) is 6.92 Å². The highest BCUT2D eigenvalue weighted by atomic mass is 31.2. The smallest absolute Gasteiger partial charge is 0.469 e. The van der Waals surface area contributed by atoms with Crippen LogP contribution in [0.1, 0.15) is 43.2 Å². The monoisotopic (exact) mass is 699 g/mol. The summed E-state index contributed by atoms with van der Waals surface area (Å²) in [5.41, 5.74) is -1.69. The zero-order chi connectivity index (χ0) is 34.9. The number of nitrogens with one attached hydrogen (secondary N) is 1. The summed E-state index contributed by atoms with van der Waals surface area (Å²) in [5.74, 6) is -4.45. The second kappa shape index (κ2) is 13.4. The number of alkyl halides is 3. The number of carbonyl (C=O) groups is 1. The standard InChI is InChI=1S/C29H27F5N5O8P/c1-2-12-45-17-7-8-18(19(14-17)29(32,33)34)21-15-24(47-37-21)28(27(40)41,10-4-13-46-48(42,43)44)38-16-35-26-23(38)9-11-39(36-26)22-6-3-5-20(30)25(22)31/h3,5-9,11,14-16,36H,2,4,10,12-13H2,1H3,(H,40,41)(H2,42,43,44). The van der Waals surface area contributed by atoms with Gasteiger partial charge in [-0.1, -0.05) is 18.1 Å². The summed E-state index contributed by atoms with van der Waals surface area (Å²) in [4.78, 5) is 35.6. The van der Waals surface area contributed by atoms with Crippen molar-refractivity contribution >= 4 is 31.4 Å². The van der Waals surface area contributed by atoms with E-state index in [0.29, 0.717) is 6.42 Å². The first-order valence-corrected chi connectivity index (χ1v) is 15.7. The maximum atomic E-state index is 14.5. The van der Waals surface area contributed by atoms with Crippen LogP contribution in [0.4, 0.5) is 33.5 Å². The second-order valence-corrected chi connectivity index (χ2v) is 11.7. The molecule has 2 aromatic carbocycles. The molecule has 1 atom stereocenters. The van der Waals surface area contributed by atoms with Gasteiger partial charge in [0.1, 0.15) is 17.1 Å². The number of benzene rings is 2. The number of anilines is 2. The molecule has 5 rings (SSSR count). The van der Waals surface area contributed by atoms with E-state index in [1.807, 2.05) is 0 Å². The lowest BCUT2D eigenvalue weighted by Crippen LogP contribution is -2.44. The molecule has 0 aliphatic carbocycles. The summed E-state index contributed by atoms with van der Waals surface area (Å²) < 4.78 is 98.5. The fourth-order valence-corrected chi connectivity index (χ4v) is 5.47. The average molecular weight is 700 g/mol. The Bertz CT molecular complexity index is 1890. The number of hydrogen-bond acceptors (Lipinski definition) is 9. The lowest BCUT2D eigenvalue weighted by Gasteiger charge is -2.31. The van der Waals surface area contributed by atoms with Crippen LogP contribution in [0.25, 0.3) is 17.3 Å². The Morgan fingerprint density at radius 1 is 1.12 bits per heavy atom. The van der Waals surface area contributed by atoms with Gasteiger partial charge in [0.15, 0.2) is 23.2 Å². The Labute approximate surface area is 268 Å². The summed E-state index contributed by atoms with van der Waals surface area (Å²) in [6.07, 6.45) is -1.48. The van der Waals surface area contributed by atoms with Crippen LogP contribution in [0, 0.1) is 11.6 Å². The van der Waals surface area contributed by atoms with Crippen LogP contribution < -0.4 is 15.2 Å². The van der Waals surface area contributed by atoms with Gasteiger partial charge < -0.3 is 28.7 Å². The summed E-state index contributed by atoms with van der Waals surface area (Å²) in [6.45, 7) is 1.34. The number of phosphoric ester groups is 1. The minimum Gasteiger partial charge on any atom is -0.494 e. The van der Waals surface area contributed by atoms with Gasteiger partial charge in [0.2, 0.25) is 5.54 Å². The molecule has 0 amide bonds. The van der Waals surface area contributed by atoms with Crippen LogP contribution in [-0.4, -0.2) is 48.8 Å². The molecular formula is C29H27F5N5O8P. The van der Waals surface area contributed by atoms with Crippen molar-refractivity contribution < 1.29 is 60.0 Å². The predicted octanol–water partition coefficient (Wildman–Crippen LogP) is 6.16. The molecule has 0 saturated heterocycles. The highest BCUT2D eigenvalue weighted by Crippen LogP contribution is 2.43. The Morgan fingerprint density at radius 3 is 2.58 bits per heavy atom. The molecule has 0 bridgehead atoms. The first kappa shape index (κ1) is 34.6. The molecule has 256 valence electrons. The van der Waals surface area contributed by atoms with E-state index in [0.717, 1.165) is 40.2 Å². The van der Waals surface area contributed by atoms with Crippen molar-refractivity contribution in [2.24, 2.45) is 0 Å². The van der Waals surface area contributed by atoms with Gasteiger partial charge in [0.05, 0.1) is 30.8 Å². The molecule has 0 spiro atoms. The topological polar surface area (TPSA) is 172 Å². The number of carboxylic acid groups (broad SMARTS) is 1. The molecule has 0 saturated carbocycles. The van der Waals surface area contributed by atoms with Gasteiger partial charge in [-0.25, -0.2) is 23.1 Å². The molecule has 1 aliphatic rings. The minimum absolute atomic E-state index is 0.0278. The Kier molecular flexibility index (Phi) is 9.64. The van der Waals surface area contributed by atoms with Crippen molar-refractivity contribution in [1.29, 1.82) is 0 Å². The molecule has 1 unspecified atom stereocenters. The molecule has 4 N–H and O–H groups in total. The van der Waals surface area contributed by atoms with Crippen LogP contribution in [0.3, 0.4) is 0 Å². The average Bonchev–Trinajstić information content (AvgIpc) is 3.68. The van der Waals surface area contributed by atoms with Gasteiger partial charge in [-0.3, -0.25) is 15.0 Å². The Balaban J connectivity index is 1.59. The summed E-state index contributed by atoms with van der Waals surface area (Å²) in [6, 6.07) is 7.67. The lowest BCUT2D eigenvalue weighted by atomic mass is 9.88. The van der Waals surface area contributed by atoms with E-state index in [2.05, 4.69) is 20.1 Å². The number of ether oxygens (including phenoxy) is 1. The summed E-state index contributed by atoms with van der Waals surface area (Å²) in [7, 11) is -4.94. The van der Waals surface area contributed by atoms with Gasteiger partial charge in [-0.15, -0.1) is 0 Å². The largest absolute Gasteiger partial charge is 0.494 e. The van der Waals surface area contributed by atoms with Crippen molar-refractivity contribution in [2.75, 3.05) is 23.6 Å². The third kappa shape index (κ3) is 6.92. The van der Waals surface area contributed by atoms with E-state index in [1.165, 1.54) is 30.5 Å². The molecule has 2 aromatic heterocycles. The van der Waals surface area contributed by atoms with E-state index in [9.17, 15) is 36.4 Å². The molecule has 1 aliphatic heterocycles. The number of imidazole rings is 1. The molecule has 3 heterocycles. The quantitative estimate of drug-likeness (QED) is 0.0713. The molecule has 48 heavy (non-hydrogen) atoms. The van der Waals surface area contributed by atoms with Crippen LogP contribution in [0.5, 0.6) is 5.75 Å². The van der Waals surface area contributed by atoms with Gasteiger partial charge in [0, 0.05) is 17.8 Å². The number of aromatic nitrogens is 3. The highest BCUT2D eigenvalue weighted by molar-refractivity contribution is 7.46. The Morgan fingerprint density at radius 2 is 1.90 bits per heavy atom. The zero-order valence-corrected chi connectivity index (χ0v) is 25.7. The SMILES string of the molecule is CCCOc1ccc(-c2cc(C(CCCOP(=O)(O)O)(C(=O)O)n3cnc4c3C=CN(c3cccc(F)c3F)N4)on2)c(C(F)(F)F)c1. The molecule has 0 fully saturated rings. The van der Waals surface area contributed by atoms with Crippen molar-refractivity contribution in [2.45, 2.75) is 37.9 Å². The van der Waals surface area contributed by atoms with Crippen molar-refractivity contribution in [1.82, 2.24) is 14.7 Å². The number of phosphoric acid groups is 1. The van der Waals surface area contributed by atoms with E-state index in [-0.39, 0.29) is 41.7 Å². The van der Waals surface area contributed by atoms with Crippen molar-refractivity contribution in [3.8, 4) is 17.0 Å². The fraction of sp³-hybridized carbons (Fsp3) is 0.276. The summed E-state index contributed by atoms with van der Waals surface area (Å²) >= 11 is 0. The zero-order valence-electron chi connectivity index (χ0n) is 24.8. The molecule has 19 heteroatoms. The maximum absolute atomic E-state index is 14.5. The van der Waals surface area contributed by atoms with Crippen LogP contribution >= 0.6 is 7.82 Å².